The smallest absolute Gasteiger partial charge is 0.355 e. The van der Waals surface area contributed by atoms with Crippen LogP contribution in [0.3, 0.4) is 0 Å². The molecule has 5 rings (SSSR count). The van der Waals surface area contributed by atoms with E-state index < -0.39 is 17.5 Å². The maximum atomic E-state index is 14.1. The van der Waals surface area contributed by atoms with Crippen LogP contribution >= 0.6 is 0 Å². The van der Waals surface area contributed by atoms with E-state index in [1.807, 2.05) is 49.5 Å². The molecule has 2 heterocycles. The molecule has 2 aromatic carbocycles. The van der Waals surface area contributed by atoms with Crippen LogP contribution in [0.15, 0.2) is 79.3 Å². The van der Waals surface area contributed by atoms with Gasteiger partial charge in [0.05, 0.1) is 17.1 Å². The summed E-state index contributed by atoms with van der Waals surface area (Å²) in [6, 6.07) is 19.3. The number of carbonyl (C=O) groups excluding carboxylic acids is 1. The van der Waals surface area contributed by atoms with Crippen LogP contribution in [0.4, 0.5) is 13.2 Å². The first-order valence-corrected chi connectivity index (χ1v) is 13.1. The summed E-state index contributed by atoms with van der Waals surface area (Å²) in [7, 11) is 2.00. The maximum Gasteiger partial charge on any atom is 0.395 e. The number of nitrogens with zero attached hydrogens (tertiary/aromatic N) is 3. The van der Waals surface area contributed by atoms with E-state index in [0.717, 1.165) is 22.0 Å². The SMILES string of the molecule is CN(Cc1ccccc1)[C@H](CNC(=O)C[C@H](c1cccnc1)C1(C(F)(F)F)CC1)Cc1ccc2[nH]ncc2c1. The first kappa shape index (κ1) is 26.9. The van der Waals surface area contributed by atoms with Gasteiger partial charge in [-0.2, -0.15) is 18.3 Å². The molecule has 6 nitrogen and oxygen atoms in total. The molecule has 39 heavy (non-hydrogen) atoms. The van der Waals surface area contributed by atoms with Crippen molar-refractivity contribution < 1.29 is 18.0 Å². The number of amides is 1. The monoisotopic (exact) mass is 535 g/mol. The van der Waals surface area contributed by atoms with Gasteiger partial charge in [-0.3, -0.25) is 19.8 Å². The maximum absolute atomic E-state index is 14.1. The van der Waals surface area contributed by atoms with Crippen molar-refractivity contribution >= 4 is 16.8 Å². The van der Waals surface area contributed by atoms with Crippen LogP contribution in [0.25, 0.3) is 10.9 Å². The molecule has 0 saturated heterocycles. The molecule has 0 aliphatic heterocycles. The number of aromatic amines is 1. The van der Waals surface area contributed by atoms with Crippen LogP contribution in [0.2, 0.25) is 0 Å². The fraction of sp³-hybridized carbons (Fsp3) is 0.367. The number of aromatic nitrogens is 3. The van der Waals surface area contributed by atoms with Crippen molar-refractivity contribution in [1.82, 2.24) is 25.4 Å². The zero-order chi connectivity index (χ0) is 27.5. The lowest BCUT2D eigenvalue weighted by Gasteiger charge is -2.31. The number of carbonyl (C=O) groups is 1. The van der Waals surface area contributed by atoms with Gasteiger partial charge in [-0.05, 0) is 61.2 Å². The number of likely N-dealkylation sites (N-methyl/N-ethyl adjacent to an activating group) is 1. The number of pyridine rings is 1. The second kappa shape index (κ2) is 11.2. The minimum absolute atomic E-state index is 0.0300. The molecule has 1 saturated carbocycles. The minimum atomic E-state index is -4.38. The minimum Gasteiger partial charge on any atom is -0.355 e. The molecule has 1 amide bonds. The van der Waals surface area contributed by atoms with E-state index in [0.29, 0.717) is 25.1 Å². The molecule has 1 fully saturated rings. The van der Waals surface area contributed by atoms with Gasteiger partial charge in [-0.15, -0.1) is 0 Å². The molecule has 0 spiro atoms. The Bertz CT molecular complexity index is 1390. The second-order valence-electron chi connectivity index (χ2n) is 10.6. The zero-order valence-corrected chi connectivity index (χ0v) is 21.8. The fourth-order valence-corrected chi connectivity index (χ4v) is 5.44. The first-order chi connectivity index (χ1) is 18.7. The van der Waals surface area contributed by atoms with Crippen molar-refractivity contribution in [2.24, 2.45) is 5.41 Å². The van der Waals surface area contributed by atoms with Crippen LogP contribution in [0.5, 0.6) is 0 Å². The third kappa shape index (κ3) is 6.14. The lowest BCUT2D eigenvalue weighted by molar-refractivity contribution is -0.194. The molecule has 0 radical (unpaired) electrons. The van der Waals surface area contributed by atoms with E-state index >= 15 is 0 Å². The number of hydrogen-bond donors (Lipinski definition) is 2. The van der Waals surface area contributed by atoms with Crippen molar-refractivity contribution in [2.75, 3.05) is 13.6 Å². The van der Waals surface area contributed by atoms with Gasteiger partial charge >= 0.3 is 6.18 Å². The number of nitrogens with one attached hydrogen (secondary N) is 2. The molecular formula is C30H32F3N5O. The second-order valence-corrected chi connectivity index (χ2v) is 10.6. The van der Waals surface area contributed by atoms with Crippen LogP contribution in [0, 0.1) is 5.41 Å². The Kier molecular flexibility index (Phi) is 7.70. The number of halogens is 3. The summed E-state index contributed by atoms with van der Waals surface area (Å²) >= 11 is 0. The molecule has 2 atom stereocenters. The van der Waals surface area contributed by atoms with Crippen molar-refractivity contribution in [2.45, 2.75) is 50.4 Å². The van der Waals surface area contributed by atoms with Gasteiger partial charge in [0.1, 0.15) is 0 Å². The Morgan fingerprint density at radius 3 is 2.56 bits per heavy atom. The summed E-state index contributed by atoms with van der Waals surface area (Å²) in [6.45, 7) is 0.981. The summed E-state index contributed by atoms with van der Waals surface area (Å²) in [5.74, 6) is -1.35. The topological polar surface area (TPSA) is 73.9 Å². The zero-order valence-electron chi connectivity index (χ0n) is 21.8. The van der Waals surface area contributed by atoms with Gasteiger partial charge in [-0.25, -0.2) is 0 Å². The highest BCUT2D eigenvalue weighted by Crippen LogP contribution is 2.66. The van der Waals surface area contributed by atoms with Gasteiger partial charge in [0.25, 0.3) is 0 Å². The molecule has 1 aliphatic carbocycles. The molecule has 2 aromatic heterocycles. The Morgan fingerprint density at radius 1 is 1.08 bits per heavy atom. The van der Waals surface area contributed by atoms with Crippen LogP contribution in [-0.4, -0.2) is 51.8 Å². The number of rotatable bonds is 11. The van der Waals surface area contributed by atoms with E-state index in [-0.39, 0.29) is 31.2 Å². The van der Waals surface area contributed by atoms with E-state index in [1.54, 1.807) is 18.3 Å². The predicted molar refractivity (Wildman–Crippen MR) is 144 cm³/mol. The van der Waals surface area contributed by atoms with Gasteiger partial charge in [0, 0.05) is 49.2 Å². The fourth-order valence-electron chi connectivity index (χ4n) is 5.44. The van der Waals surface area contributed by atoms with Crippen molar-refractivity contribution in [3.05, 3.63) is 95.9 Å². The Balaban J connectivity index is 1.31. The average Bonchev–Trinajstić information content (AvgIpc) is 3.62. The van der Waals surface area contributed by atoms with E-state index in [1.165, 1.54) is 12.4 Å². The summed E-state index contributed by atoms with van der Waals surface area (Å²) < 4.78 is 42.2. The lowest BCUT2D eigenvalue weighted by Crippen LogP contribution is -2.44. The molecule has 0 bridgehead atoms. The van der Waals surface area contributed by atoms with Crippen LogP contribution < -0.4 is 5.32 Å². The molecular weight excluding hydrogens is 503 g/mol. The molecule has 204 valence electrons. The van der Waals surface area contributed by atoms with Gasteiger partial charge in [0.2, 0.25) is 5.91 Å². The van der Waals surface area contributed by atoms with E-state index in [9.17, 15) is 18.0 Å². The molecule has 9 heteroatoms. The molecule has 0 unspecified atom stereocenters. The average molecular weight is 536 g/mol. The summed E-state index contributed by atoms with van der Waals surface area (Å²) in [4.78, 5) is 19.4. The van der Waals surface area contributed by atoms with Gasteiger partial charge in [-0.1, -0.05) is 42.5 Å². The third-order valence-corrected chi connectivity index (χ3v) is 7.91. The normalized spacial score (nSPS) is 16.2. The number of H-pyrrole nitrogens is 1. The third-order valence-electron chi connectivity index (χ3n) is 7.91. The summed E-state index contributed by atoms with van der Waals surface area (Å²) in [6.07, 6.45) is 0.858. The van der Waals surface area contributed by atoms with Crippen molar-refractivity contribution in [3.8, 4) is 0 Å². The number of fused-ring (bicyclic) bond motifs is 1. The molecule has 4 aromatic rings. The van der Waals surface area contributed by atoms with E-state index in [4.69, 9.17) is 0 Å². The highest BCUT2D eigenvalue weighted by atomic mass is 19.4. The Morgan fingerprint density at radius 2 is 1.87 bits per heavy atom. The molecule has 1 aliphatic rings. The highest BCUT2D eigenvalue weighted by molar-refractivity contribution is 5.78. The summed E-state index contributed by atoms with van der Waals surface area (Å²) in [5.41, 5.74) is 1.76. The van der Waals surface area contributed by atoms with Crippen molar-refractivity contribution in [3.63, 3.8) is 0 Å². The quantitative estimate of drug-likeness (QED) is 0.261. The predicted octanol–water partition coefficient (Wildman–Crippen LogP) is 5.63. The number of benzene rings is 2. The van der Waals surface area contributed by atoms with Crippen LogP contribution in [-0.2, 0) is 17.8 Å². The number of hydrogen-bond acceptors (Lipinski definition) is 4. The Labute approximate surface area is 225 Å². The standard InChI is InChI=1S/C30H32F3N5O/c1-38(20-21-6-3-2-4-7-21)25(15-22-9-10-27-24(14-22)18-36-37-27)19-35-28(39)16-26(23-8-5-13-34-17-23)29(11-12-29)30(31,32)33/h2-10,13-14,17-18,25-26H,11-12,15-16,19-20H2,1H3,(H,35,39)(H,36,37)/t25-,26+/m0/s1. The van der Waals surface area contributed by atoms with Crippen molar-refractivity contribution in [1.29, 1.82) is 0 Å². The molecule has 2 N–H and O–H groups in total. The van der Waals surface area contributed by atoms with Gasteiger partial charge in [0.15, 0.2) is 0 Å². The van der Waals surface area contributed by atoms with Crippen LogP contribution in [0.1, 0.15) is 41.9 Å². The van der Waals surface area contributed by atoms with Gasteiger partial charge < -0.3 is 5.32 Å². The summed E-state index contributed by atoms with van der Waals surface area (Å²) in [5, 5.41) is 11.0. The Hall–Kier alpha value is -3.72. The first-order valence-electron chi connectivity index (χ1n) is 13.1. The highest BCUT2D eigenvalue weighted by Gasteiger charge is 2.67. The van der Waals surface area contributed by atoms with E-state index in [2.05, 4.69) is 31.5 Å². The largest absolute Gasteiger partial charge is 0.395 e. The lowest BCUT2D eigenvalue weighted by atomic mass is 9.80. The number of alkyl halides is 3.